The predicted octanol–water partition coefficient (Wildman–Crippen LogP) is 3.10. The van der Waals surface area contributed by atoms with Crippen molar-refractivity contribution >= 4 is 29.9 Å². The lowest BCUT2D eigenvalue weighted by Crippen LogP contribution is -2.46. The summed E-state index contributed by atoms with van der Waals surface area (Å²) >= 11 is 0. The fourth-order valence-corrected chi connectivity index (χ4v) is 2.72. The lowest BCUT2D eigenvalue weighted by Gasteiger charge is -2.41. The summed E-state index contributed by atoms with van der Waals surface area (Å²) in [5, 5.41) is 10.7. The van der Waals surface area contributed by atoms with Gasteiger partial charge in [-0.3, -0.25) is 4.99 Å². The first-order chi connectivity index (χ1) is 10.6. The Morgan fingerprint density at radius 3 is 2.57 bits per heavy atom. The molecule has 0 saturated heterocycles. The van der Waals surface area contributed by atoms with Crippen LogP contribution in [0.3, 0.4) is 0 Å². The van der Waals surface area contributed by atoms with Crippen molar-refractivity contribution in [2.24, 2.45) is 10.4 Å². The number of aliphatic imine (C=N–C) groups is 1. The van der Waals surface area contributed by atoms with Crippen LogP contribution in [0.5, 0.6) is 0 Å². The normalized spacial score (nSPS) is 16.7. The molecule has 23 heavy (non-hydrogen) atoms. The largest absolute Gasteiger partial charge is 0.356 e. The van der Waals surface area contributed by atoms with Gasteiger partial charge in [-0.25, -0.2) is 0 Å². The average molecular weight is 435 g/mol. The Morgan fingerprint density at radius 2 is 2.09 bits per heavy atom. The molecule has 0 unspecified atom stereocenters. The van der Waals surface area contributed by atoms with Gasteiger partial charge in [-0.15, -0.1) is 24.0 Å². The van der Waals surface area contributed by atoms with E-state index >= 15 is 0 Å². The van der Waals surface area contributed by atoms with Gasteiger partial charge in [-0.2, -0.15) is 4.98 Å². The van der Waals surface area contributed by atoms with E-state index < -0.39 is 0 Å². The van der Waals surface area contributed by atoms with E-state index in [0.29, 0.717) is 23.6 Å². The second kappa shape index (κ2) is 9.44. The zero-order valence-electron chi connectivity index (χ0n) is 14.7. The van der Waals surface area contributed by atoms with Gasteiger partial charge in [-0.05, 0) is 24.7 Å². The van der Waals surface area contributed by atoms with E-state index in [2.05, 4.69) is 46.5 Å². The third-order valence-electron chi connectivity index (χ3n) is 4.65. The van der Waals surface area contributed by atoms with Gasteiger partial charge in [0, 0.05) is 32.5 Å². The molecule has 0 aliphatic heterocycles. The van der Waals surface area contributed by atoms with E-state index in [1.807, 2.05) is 0 Å². The first kappa shape index (κ1) is 20.2. The van der Waals surface area contributed by atoms with Gasteiger partial charge in [0.05, 0.1) is 0 Å². The van der Waals surface area contributed by atoms with Crippen molar-refractivity contribution in [3.8, 4) is 0 Å². The molecule has 1 aromatic rings. The molecule has 2 rings (SSSR count). The van der Waals surface area contributed by atoms with Crippen molar-refractivity contribution in [1.82, 2.24) is 20.8 Å². The highest BCUT2D eigenvalue weighted by atomic mass is 127. The molecular formula is C16H30IN5O. The maximum absolute atomic E-state index is 5.24. The molecule has 0 amide bonds. The number of halogens is 1. The van der Waals surface area contributed by atoms with Crippen molar-refractivity contribution in [3.63, 3.8) is 0 Å². The monoisotopic (exact) mass is 435 g/mol. The zero-order chi connectivity index (χ0) is 16.0. The highest BCUT2D eigenvalue weighted by Crippen LogP contribution is 2.42. The van der Waals surface area contributed by atoms with Crippen molar-refractivity contribution in [2.45, 2.75) is 58.8 Å². The summed E-state index contributed by atoms with van der Waals surface area (Å²) in [5.74, 6) is 2.60. The molecule has 0 spiro atoms. The third kappa shape index (κ3) is 5.61. The molecule has 1 fully saturated rings. The van der Waals surface area contributed by atoms with Gasteiger partial charge >= 0.3 is 0 Å². The summed E-state index contributed by atoms with van der Waals surface area (Å²) in [5.41, 5.74) is 0.482. The molecule has 1 aromatic heterocycles. The zero-order valence-corrected chi connectivity index (χ0v) is 17.0. The average Bonchev–Trinajstić information content (AvgIpc) is 2.93. The molecule has 1 heterocycles. The number of rotatable bonds is 7. The molecule has 0 bridgehead atoms. The third-order valence-corrected chi connectivity index (χ3v) is 4.65. The van der Waals surface area contributed by atoms with Gasteiger partial charge in [-0.1, -0.05) is 32.3 Å². The lowest BCUT2D eigenvalue weighted by atomic mass is 9.67. The first-order valence-corrected chi connectivity index (χ1v) is 8.35. The first-order valence-electron chi connectivity index (χ1n) is 8.35. The topological polar surface area (TPSA) is 75.3 Å². The van der Waals surface area contributed by atoms with Crippen LogP contribution >= 0.6 is 24.0 Å². The second-order valence-electron chi connectivity index (χ2n) is 6.51. The van der Waals surface area contributed by atoms with Crippen molar-refractivity contribution in [2.75, 3.05) is 20.1 Å². The van der Waals surface area contributed by atoms with E-state index in [-0.39, 0.29) is 24.0 Å². The van der Waals surface area contributed by atoms with Crippen LogP contribution in [0.25, 0.3) is 0 Å². The Balaban J connectivity index is 0.00000264. The SMILES string of the molecule is CCC1(CNC(=NC)NCCc2nc(C(C)C)no2)CCC1.I. The minimum Gasteiger partial charge on any atom is -0.356 e. The Bertz CT molecular complexity index is 491. The van der Waals surface area contributed by atoms with E-state index in [0.717, 1.165) is 24.9 Å². The van der Waals surface area contributed by atoms with Gasteiger partial charge in [0.15, 0.2) is 11.8 Å². The molecule has 1 aliphatic carbocycles. The number of nitrogens with one attached hydrogen (secondary N) is 2. The Labute approximate surface area is 156 Å². The van der Waals surface area contributed by atoms with Crippen LogP contribution in [0.1, 0.15) is 64.1 Å². The molecule has 132 valence electrons. The van der Waals surface area contributed by atoms with E-state index in [4.69, 9.17) is 4.52 Å². The lowest BCUT2D eigenvalue weighted by molar-refractivity contribution is 0.131. The number of nitrogens with zero attached hydrogens (tertiary/aromatic N) is 3. The summed E-state index contributed by atoms with van der Waals surface area (Å²) in [6.07, 6.45) is 5.95. The van der Waals surface area contributed by atoms with Gasteiger partial charge in [0.1, 0.15) is 0 Å². The van der Waals surface area contributed by atoms with Gasteiger partial charge in [0.2, 0.25) is 5.89 Å². The minimum atomic E-state index is 0. The van der Waals surface area contributed by atoms with Crippen LogP contribution in [-0.4, -0.2) is 36.2 Å². The molecule has 1 saturated carbocycles. The van der Waals surface area contributed by atoms with Gasteiger partial charge in [0.25, 0.3) is 0 Å². The Kier molecular flexibility index (Phi) is 8.28. The van der Waals surface area contributed by atoms with E-state index in [9.17, 15) is 0 Å². The molecule has 2 N–H and O–H groups in total. The molecule has 7 heteroatoms. The summed E-state index contributed by atoms with van der Waals surface area (Å²) in [6, 6.07) is 0. The van der Waals surface area contributed by atoms with Crippen LogP contribution in [0, 0.1) is 5.41 Å². The van der Waals surface area contributed by atoms with Crippen molar-refractivity contribution < 1.29 is 4.52 Å². The van der Waals surface area contributed by atoms with E-state index in [1.54, 1.807) is 7.05 Å². The summed E-state index contributed by atoms with van der Waals surface area (Å²) in [4.78, 5) is 8.65. The van der Waals surface area contributed by atoms with Crippen LogP contribution in [-0.2, 0) is 6.42 Å². The molecule has 0 aromatic carbocycles. The summed E-state index contributed by atoms with van der Waals surface area (Å²) in [7, 11) is 1.80. The predicted molar refractivity (Wildman–Crippen MR) is 103 cm³/mol. The smallest absolute Gasteiger partial charge is 0.228 e. The van der Waals surface area contributed by atoms with Crippen LogP contribution in [0.15, 0.2) is 9.52 Å². The summed E-state index contributed by atoms with van der Waals surface area (Å²) in [6.45, 7) is 8.13. The molecule has 6 nitrogen and oxygen atoms in total. The van der Waals surface area contributed by atoms with Gasteiger partial charge < -0.3 is 15.2 Å². The van der Waals surface area contributed by atoms with Crippen LogP contribution < -0.4 is 10.6 Å². The van der Waals surface area contributed by atoms with Crippen LogP contribution in [0.4, 0.5) is 0 Å². The highest BCUT2D eigenvalue weighted by molar-refractivity contribution is 14.0. The van der Waals surface area contributed by atoms with Crippen LogP contribution in [0.2, 0.25) is 0 Å². The maximum Gasteiger partial charge on any atom is 0.228 e. The molecule has 1 aliphatic rings. The highest BCUT2D eigenvalue weighted by Gasteiger charge is 2.34. The van der Waals surface area contributed by atoms with E-state index in [1.165, 1.54) is 25.7 Å². The second-order valence-corrected chi connectivity index (χ2v) is 6.51. The summed E-state index contributed by atoms with van der Waals surface area (Å²) < 4.78 is 5.24. The Hall–Kier alpha value is -0.860. The minimum absolute atomic E-state index is 0. The molecule has 0 radical (unpaired) electrons. The molecule has 0 atom stereocenters. The molecular weight excluding hydrogens is 405 g/mol. The number of hydrogen-bond donors (Lipinski definition) is 2. The number of hydrogen-bond acceptors (Lipinski definition) is 4. The van der Waals surface area contributed by atoms with Crippen molar-refractivity contribution in [3.05, 3.63) is 11.7 Å². The fourth-order valence-electron chi connectivity index (χ4n) is 2.72. The maximum atomic E-state index is 5.24. The Morgan fingerprint density at radius 1 is 1.35 bits per heavy atom. The number of aromatic nitrogens is 2. The quantitative estimate of drug-likeness (QED) is 0.391. The standard InChI is InChI=1S/C16H29N5O.HI/c1-5-16(8-6-9-16)11-19-15(17-4)18-10-7-13-20-14(12(2)3)21-22-13;/h12H,5-11H2,1-4H3,(H2,17,18,19);1H. The van der Waals surface area contributed by atoms with Crippen molar-refractivity contribution in [1.29, 1.82) is 0 Å². The number of guanidine groups is 1. The fraction of sp³-hybridized carbons (Fsp3) is 0.812.